The molecule has 1 saturated heterocycles. The molecule has 0 unspecified atom stereocenters. The van der Waals surface area contributed by atoms with Crippen molar-refractivity contribution in [2.24, 2.45) is 0 Å². The van der Waals surface area contributed by atoms with E-state index >= 15 is 0 Å². The number of carbonyl (C=O) groups excluding carboxylic acids is 2. The Balaban J connectivity index is 2.15. The fourth-order valence-corrected chi connectivity index (χ4v) is 2.82. The molecule has 2 rings (SSSR count). The molecule has 1 fully saturated rings. The lowest BCUT2D eigenvalue weighted by molar-refractivity contribution is -0.384. The SMILES string of the molecule is CCCCNC(=O)c1ccc(N2CCN(C(C)=O)CC2)c([N+](=O)[O-])c1. The number of hydrogen-bond acceptors (Lipinski definition) is 5. The largest absolute Gasteiger partial charge is 0.362 e. The first-order valence-corrected chi connectivity index (χ1v) is 8.51. The van der Waals surface area contributed by atoms with E-state index < -0.39 is 4.92 Å². The molecule has 8 heteroatoms. The number of hydrogen-bond donors (Lipinski definition) is 1. The van der Waals surface area contributed by atoms with Gasteiger partial charge in [-0.05, 0) is 18.6 Å². The standard InChI is InChI=1S/C17H24N4O4/c1-3-4-7-18-17(23)14-5-6-15(16(12-14)21(24)25)20-10-8-19(9-11-20)13(2)22/h5-6,12H,3-4,7-11H2,1-2H3,(H,18,23). The Kier molecular flexibility index (Phi) is 6.32. The molecular weight excluding hydrogens is 324 g/mol. The van der Waals surface area contributed by atoms with Gasteiger partial charge in [-0.1, -0.05) is 13.3 Å². The fourth-order valence-electron chi connectivity index (χ4n) is 2.82. The number of rotatable bonds is 6. The van der Waals surface area contributed by atoms with Crippen LogP contribution in [0.3, 0.4) is 0 Å². The smallest absolute Gasteiger partial charge is 0.293 e. The summed E-state index contributed by atoms with van der Waals surface area (Å²) in [6, 6.07) is 4.56. The van der Waals surface area contributed by atoms with Crippen LogP contribution in [0, 0.1) is 10.1 Å². The number of nitro benzene ring substituents is 1. The summed E-state index contributed by atoms with van der Waals surface area (Å²) in [5.74, 6) is -0.294. The number of nitrogens with zero attached hydrogens (tertiary/aromatic N) is 3. The van der Waals surface area contributed by atoms with Crippen molar-refractivity contribution in [2.45, 2.75) is 26.7 Å². The minimum absolute atomic E-state index is 0.00764. The van der Waals surface area contributed by atoms with Crippen molar-refractivity contribution in [1.82, 2.24) is 10.2 Å². The molecule has 0 atom stereocenters. The van der Waals surface area contributed by atoms with Crippen LogP contribution in [0.4, 0.5) is 11.4 Å². The summed E-state index contributed by atoms with van der Waals surface area (Å²) in [6.07, 6.45) is 1.83. The molecule has 8 nitrogen and oxygen atoms in total. The van der Waals surface area contributed by atoms with Crippen LogP contribution in [-0.2, 0) is 4.79 Å². The molecule has 1 heterocycles. The minimum atomic E-state index is -0.463. The number of nitro groups is 1. The predicted octanol–water partition coefficient (Wildman–Crippen LogP) is 1.79. The highest BCUT2D eigenvalue weighted by molar-refractivity contribution is 5.95. The molecular formula is C17H24N4O4. The van der Waals surface area contributed by atoms with E-state index in [-0.39, 0.29) is 23.1 Å². The van der Waals surface area contributed by atoms with E-state index in [0.717, 1.165) is 12.8 Å². The Labute approximate surface area is 146 Å². The molecule has 0 spiro atoms. The lowest BCUT2D eigenvalue weighted by Gasteiger charge is -2.35. The van der Waals surface area contributed by atoms with Crippen LogP contribution >= 0.6 is 0 Å². The lowest BCUT2D eigenvalue weighted by Crippen LogP contribution is -2.48. The van der Waals surface area contributed by atoms with Gasteiger partial charge in [0.1, 0.15) is 5.69 Å². The zero-order valence-electron chi connectivity index (χ0n) is 14.7. The van der Waals surface area contributed by atoms with Crippen molar-refractivity contribution in [3.63, 3.8) is 0 Å². The van der Waals surface area contributed by atoms with Crippen LogP contribution in [0.25, 0.3) is 0 Å². The van der Waals surface area contributed by atoms with Gasteiger partial charge in [-0.3, -0.25) is 19.7 Å². The van der Waals surface area contributed by atoms with Gasteiger partial charge in [0.25, 0.3) is 11.6 Å². The summed E-state index contributed by atoms with van der Waals surface area (Å²) in [7, 11) is 0. The van der Waals surface area contributed by atoms with Gasteiger partial charge in [-0.25, -0.2) is 0 Å². The molecule has 1 aliphatic rings. The van der Waals surface area contributed by atoms with Gasteiger partial charge in [0.15, 0.2) is 0 Å². The molecule has 0 aliphatic carbocycles. The van der Waals surface area contributed by atoms with Crippen molar-refractivity contribution >= 4 is 23.2 Å². The Bertz CT molecular complexity index is 654. The summed E-state index contributed by atoms with van der Waals surface area (Å²) in [4.78, 5) is 38.1. The van der Waals surface area contributed by atoms with E-state index in [2.05, 4.69) is 5.32 Å². The maximum atomic E-state index is 12.1. The minimum Gasteiger partial charge on any atom is -0.362 e. The quantitative estimate of drug-likeness (QED) is 0.480. The molecule has 25 heavy (non-hydrogen) atoms. The van der Waals surface area contributed by atoms with Crippen molar-refractivity contribution in [3.8, 4) is 0 Å². The monoisotopic (exact) mass is 348 g/mol. The molecule has 0 aromatic heterocycles. The maximum absolute atomic E-state index is 12.1. The molecule has 0 saturated carbocycles. The first-order valence-electron chi connectivity index (χ1n) is 8.51. The summed E-state index contributed by atoms with van der Waals surface area (Å²) in [5, 5.41) is 14.2. The van der Waals surface area contributed by atoms with Gasteiger partial charge in [0, 0.05) is 51.3 Å². The third-order valence-corrected chi connectivity index (χ3v) is 4.32. The van der Waals surface area contributed by atoms with E-state index in [9.17, 15) is 19.7 Å². The number of unbranched alkanes of at least 4 members (excludes halogenated alkanes) is 1. The van der Waals surface area contributed by atoms with Gasteiger partial charge < -0.3 is 15.1 Å². The molecule has 136 valence electrons. The van der Waals surface area contributed by atoms with Crippen LogP contribution in [0.1, 0.15) is 37.0 Å². The Morgan fingerprint density at radius 2 is 1.92 bits per heavy atom. The van der Waals surface area contributed by atoms with E-state index in [1.54, 1.807) is 17.0 Å². The van der Waals surface area contributed by atoms with Gasteiger partial charge >= 0.3 is 0 Å². The van der Waals surface area contributed by atoms with Crippen molar-refractivity contribution in [3.05, 3.63) is 33.9 Å². The van der Waals surface area contributed by atoms with Crippen LogP contribution in [0.5, 0.6) is 0 Å². The van der Waals surface area contributed by atoms with Gasteiger partial charge in [0.2, 0.25) is 5.91 Å². The second kappa shape index (κ2) is 8.46. The molecule has 1 aliphatic heterocycles. The Morgan fingerprint density at radius 3 is 2.48 bits per heavy atom. The first-order chi connectivity index (χ1) is 11.9. The van der Waals surface area contributed by atoms with E-state index in [1.807, 2.05) is 11.8 Å². The highest BCUT2D eigenvalue weighted by atomic mass is 16.6. The second-order valence-corrected chi connectivity index (χ2v) is 6.06. The molecule has 0 radical (unpaired) electrons. The Hall–Kier alpha value is -2.64. The molecule has 2 amide bonds. The normalized spacial score (nSPS) is 14.3. The topological polar surface area (TPSA) is 95.8 Å². The van der Waals surface area contributed by atoms with Crippen LogP contribution in [0.15, 0.2) is 18.2 Å². The maximum Gasteiger partial charge on any atom is 0.293 e. The zero-order chi connectivity index (χ0) is 18.4. The molecule has 1 aromatic rings. The van der Waals surface area contributed by atoms with Crippen LogP contribution in [0.2, 0.25) is 0 Å². The summed E-state index contributed by atoms with van der Waals surface area (Å²) in [6.45, 7) is 6.22. The highest BCUT2D eigenvalue weighted by Gasteiger charge is 2.25. The van der Waals surface area contributed by atoms with Crippen LogP contribution < -0.4 is 10.2 Å². The van der Waals surface area contributed by atoms with Gasteiger partial charge in [-0.2, -0.15) is 0 Å². The van der Waals surface area contributed by atoms with Gasteiger partial charge in [-0.15, -0.1) is 0 Å². The van der Waals surface area contributed by atoms with Crippen molar-refractivity contribution < 1.29 is 14.5 Å². The van der Waals surface area contributed by atoms with Crippen molar-refractivity contribution in [2.75, 3.05) is 37.6 Å². The third-order valence-electron chi connectivity index (χ3n) is 4.32. The third kappa shape index (κ3) is 4.68. The molecule has 1 aromatic carbocycles. The lowest BCUT2D eigenvalue weighted by atomic mass is 10.1. The van der Waals surface area contributed by atoms with Crippen LogP contribution in [-0.4, -0.2) is 54.4 Å². The number of benzene rings is 1. The number of anilines is 1. The zero-order valence-corrected chi connectivity index (χ0v) is 14.7. The summed E-state index contributed by atoms with van der Waals surface area (Å²) >= 11 is 0. The summed E-state index contributed by atoms with van der Waals surface area (Å²) < 4.78 is 0. The van der Waals surface area contributed by atoms with E-state index in [4.69, 9.17) is 0 Å². The highest BCUT2D eigenvalue weighted by Crippen LogP contribution is 2.30. The van der Waals surface area contributed by atoms with Gasteiger partial charge in [0.05, 0.1) is 4.92 Å². The first kappa shape index (κ1) is 18.7. The number of carbonyl (C=O) groups is 2. The Morgan fingerprint density at radius 1 is 1.24 bits per heavy atom. The molecule has 0 bridgehead atoms. The average Bonchev–Trinajstić information content (AvgIpc) is 2.61. The summed E-state index contributed by atoms with van der Waals surface area (Å²) in [5.41, 5.74) is 0.687. The second-order valence-electron chi connectivity index (χ2n) is 6.06. The number of amides is 2. The average molecular weight is 348 g/mol. The fraction of sp³-hybridized carbons (Fsp3) is 0.529. The molecule has 1 N–H and O–H groups in total. The predicted molar refractivity (Wildman–Crippen MR) is 94.8 cm³/mol. The van der Waals surface area contributed by atoms with E-state index in [1.165, 1.54) is 13.0 Å². The number of nitrogens with one attached hydrogen (secondary N) is 1. The van der Waals surface area contributed by atoms with Crippen molar-refractivity contribution in [1.29, 1.82) is 0 Å². The number of piperazine rings is 1. The van der Waals surface area contributed by atoms with E-state index in [0.29, 0.717) is 38.4 Å².